The normalized spacial score (nSPS) is 10.5. The molecule has 0 bridgehead atoms. The highest BCUT2D eigenvalue weighted by Crippen LogP contribution is 2.22. The zero-order chi connectivity index (χ0) is 14.7. The number of benzene rings is 2. The van der Waals surface area contributed by atoms with E-state index in [4.69, 9.17) is 0 Å². The molecule has 0 saturated carbocycles. The lowest BCUT2D eigenvalue weighted by molar-refractivity contribution is -0.114. The summed E-state index contributed by atoms with van der Waals surface area (Å²) in [6.07, 6.45) is 0. The van der Waals surface area contributed by atoms with Crippen LogP contribution in [0.4, 0.5) is 11.4 Å². The fourth-order valence-electron chi connectivity index (χ4n) is 2.08. The Labute approximate surface area is 126 Å². The van der Waals surface area contributed by atoms with Crippen molar-refractivity contribution in [1.82, 2.24) is 4.98 Å². The molecule has 0 saturated heterocycles. The molecule has 0 aliphatic carbocycles. The molecule has 21 heavy (non-hydrogen) atoms. The van der Waals surface area contributed by atoms with E-state index in [1.807, 2.05) is 29.8 Å². The number of nitrogens with zero attached hydrogens (tertiary/aromatic N) is 1. The summed E-state index contributed by atoms with van der Waals surface area (Å²) in [4.78, 5) is 15.3. The average Bonchev–Trinajstić information content (AvgIpc) is 2.93. The van der Waals surface area contributed by atoms with Gasteiger partial charge in [0.25, 0.3) is 0 Å². The van der Waals surface area contributed by atoms with Gasteiger partial charge in [-0.15, -0.1) is 11.3 Å². The molecule has 0 aliphatic rings. The van der Waals surface area contributed by atoms with E-state index >= 15 is 0 Å². The predicted molar refractivity (Wildman–Crippen MR) is 87.7 cm³/mol. The number of rotatable bonds is 4. The minimum Gasteiger partial charge on any atom is -0.381 e. The maximum atomic E-state index is 11.0. The molecule has 2 N–H and O–H groups in total. The molecular formula is C16H15N3OS. The Morgan fingerprint density at radius 1 is 1.14 bits per heavy atom. The third kappa shape index (κ3) is 3.38. The van der Waals surface area contributed by atoms with E-state index in [1.54, 1.807) is 11.3 Å². The molecule has 0 aliphatic heterocycles. The van der Waals surface area contributed by atoms with Crippen molar-refractivity contribution >= 4 is 38.8 Å². The SMILES string of the molecule is CC(=O)Nc1ccc(CNc2ccc3scnc3c2)cc1. The Morgan fingerprint density at radius 3 is 2.67 bits per heavy atom. The van der Waals surface area contributed by atoms with Crippen LogP contribution in [0.3, 0.4) is 0 Å². The van der Waals surface area contributed by atoms with Gasteiger partial charge in [-0.2, -0.15) is 0 Å². The Bertz CT molecular complexity index is 765. The zero-order valence-electron chi connectivity index (χ0n) is 11.6. The summed E-state index contributed by atoms with van der Waals surface area (Å²) >= 11 is 1.64. The van der Waals surface area contributed by atoms with E-state index in [-0.39, 0.29) is 5.91 Å². The topological polar surface area (TPSA) is 54.0 Å². The van der Waals surface area contributed by atoms with Crippen LogP contribution in [0.2, 0.25) is 0 Å². The van der Waals surface area contributed by atoms with Gasteiger partial charge in [-0.3, -0.25) is 4.79 Å². The van der Waals surface area contributed by atoms with Gasteiger partial charge < -0.3 is 10.6 Å². The second-order valence-electron chi connectivity index (χ2n) is 4.77. The van der Waals surface area contributed by atoms with Crippen molar-refractivity contribution in [2.75, 3.05) is 10.6 Å². The first-order valence-electron chi connectivity index (χ1n) is 6.64. The highest BCUT2D eigenvalue weighted by Gasteiger charge is 2.00. The summed E-state index contributed by atoms with van der Waals surface area (Å²) in [7, 11) is 0. The summed E-state index contributed by atoms with van der Waals surface area (Å²) in [6, 6.07) is 14.0. The van der Waals surface area contributed by atoms with Gasteiger partial charge in [0.05, 0.1) is 15.7 Å². The first-order chi connectivity index (χ1) is 10.2. The Hall–Kier alpha value is -2.40. The summed E-state index contributed by atoms with van der Waals surface area (Å²) < 4.78 is 1.19. The van der Waals surface area contributed by atoms with Gasteiger partial charge in [0.15, 0.2) is 0 Å². The second kappa shape index (κ2) is 5.93. The summed E-state index contributed by atoms with van der Waals surface area (Å²) in [6.45, 7) is 2.24. The van der Waals surface area contributed by atoms with Gasteiger partial charge in [0.1, 0.15) is 0 Å². The number of hydrogen-bond acceptors (Lipinski definition) is 4. The van der Waals surface area contributed by atoms with Gasteiger partial charge in [0, 0.05) is 24.8 Å². The molecule has 0 radical (unpaired) electrons. The van der Waals surface area contributed by atoms with E-state index in [2.05, 4.69) is 33.8 Å². The lowest BCUT2D eigenvalue weighted by atomic mass is 10.2. The molecular weight excluding hydrogens is 282 g/mol. The zero-order valence-corrected chi connectivity index (χ0v) is 12.4. The van der Waals surface area contributed by atoms with E-state index in [0.29, 0.717) is 0 Å². The smallest absolute Gasteiger partial charge is 0.221 e. The monoisotopic (exact) mass is 297 g/mol. The maximum absolute atomic E-state index is 11.0. The lowest BCUT2D eigenvalue weighted by Crippen LogP contribution is -2.06. The minimum atomic E-state index is -0.0579. The first kappa shape index (κ1) is 13.6. The first-order valence-corrected chi connectivity index (χ1v) is 7.52. The molecule has 0 atom stereocenters. The number of hydrogen-bond donors (Lipinski definition) is 2. The molecule has 3 rings (SSSR count). The Balaban J connectivity index is 1.65. The van der Waals surface area contributed by atoms with Crippen molar-refractivity contribution in [3.8, 4) is 0 Å². The van der Waals surface area contributed by atoms with Crippen molar-refractivity contribution in [3.63, 3.8) is 0 Å². The van der Waals surface area contributed by atoms with Gasteiger partial charge >= 0.3 is 0 Å². The van der Waals surface area contributed by atoms with Crippen LogP contribution in [-0.2, 0) is 11.3 Å². The van der Waals surface area contributed by atoms with Crippen LogP contribution in [0.5, 0.6) is 0 Å². The van der Waals surface area contributed by atoms with Gasteiger partial charge in [0.2, 0.25) is 5.91 Å². The molecule has 106 valence electrons. The number of anilines is 2. The number of amides is 1. The second-order valence-corrected chi connectivity index (χ2v) is 5.65. The van der Waals surface area contributed by atoms with E-state index in [1.165, 1.54) is 11.6 Å². The Kier molecular flexibility index (Phi) is 3.83. The highest BCUT2D eigenvalue weighted by molar-refractivity contribution is 7.16. The molecule has 5 heteroatoms. The highest BCUT2D eigenvalue weighted by atomic mass is 32.1. The molecule has 0 fully saturated rings. The minimum absolute atomic E-state index is 0.0579. The van der Waals surface area contributed by atoms with Gasteiger partial charge in [-0.1, -0.05) is 12.1 Å². The lowest BCUT2D eigenvalue weighted by Gasteiger charge is -2.08. The molecule has 0 spiro atoms. The number of thiazole rings is 1. The van der Waals surface area contributed by atoms with Crippen LogP contribution in [-0.4, -0.2) is 10.9 Å². The largest absolute Gasteiger partial charge is 0.381 e. The van der Waals surface area contributed by atoms with Gasteiger partial charge in [-0.05, 0) is 35.9 Å². The molecule has 1 amide bonds. The van der Waals surface area contributed by atoms with Crippen molar-refractivity contribution in [2.24, 2.45) is 0 Å². The van der Waals surface area contributed by atoms with Gasteiger partial charge in [-0.25, -0.2) is 4.98 Å². The number of carbonyl (C=O) groups excluding carboxylic acids is 1. The van der Waals surface area contributed by atoms with Crippen LogP contribution >= 0.6 is 11.3 Å². The van der Waals surface area contributed by atoms with Crippen molar-refractivity contribution in [2.45, 2.75) is 13.5 Å². The average molecular weight is 297 g/mol. The standard InChI is InChI=1S/C16H15N3OS/c1-11(20)19-13-4-2-12(3-5-13)9-17-14-6-7-16-15(8-14)18-10-21-16/h2-8,10,17H,9H2,1H3,(H,19,20). The maximum Gasteiger partial charge on any atom is 0.221 e. The summed E-state index contributed by atoms with van der Waals surface area (Å²) in [5.41, 5.74) is 5.90. The number of carbonyl (C=O) groups is 1. The van der Waals surface area contributed by atoms with Crippen molar-refractivity contribution in [3.05, 3.63) is 53.5 Å². The van der Waals surface area contributed by atoms with Crippen LogP contribution < -0.4 is 10.6 Å². The number of nitrogens with one attached hydrogen (secondary N) is 2. The third-order valence-corrected chi connectivity index (χ3v) is 3.91. The van der Waals surface area contributed by atoms with Crippen LogP contribution in [0.1, 0.15) is 12.5 Å². The Morgan fingerprint density at radius 2 is 1.90 bits per heavy atom. The summed E-state index contributed by atoms with van der Waals surface area (Å²) in [5, 5.41) is 6.14. The number of aromatic nitrogens is 1. The van der Waals surface area contributed by atoms with Crippen molar-refractivity contribution in [1.29, 1.82) is 0 Å². The molecule has 1 heterocycles. The predicted octanol–water partition coefficient (Wildman–Crippen LogP) is 3.87. The fraction of sp³-hybridized carbons (Fsp3) is 0.125. The van der Waals surface area contributed by atoms with Crippen LogP contribution in [0, 0.1) is 0 Å². The third-order valence-electron chi connectivity index (χ3n) is 3.10. The van der Waals surface area contributed by atoms with Crippen LogP contribution in [0.15, 0.2) is 48.0 Å². The number of fused-ring (bicyclic) bond motifs is 1. The van der Waals surface area contributed by atoms with E-state index in [0.717, 1.165) is 29.0 Å². The quantitative estimate of drug-likeness (QED) is 0.768. The molecule has 1 aromatic heterocycles. The summed E-state index contributed by atoms with van der Waals surface area (Å²) in [5.74, 6) is -0.0579. The molecule has 0 unspecified atom stereocenters. The van der Waals surface area contributed by atoms with E-state index in [9.17, 15) is 4.79 Å². The molecule has 3 aromatic rings. The molecule has 2 aromatic carbocycles. The molecule has 4 nitrogen and oxygen atoms in total. The van der Waals surface area contributed by atoms with E-state index < -0.39 is 0 Å². The fourth-order valence-corrected chi connectivity index (χ4v) is 2.74. The van der Waals surface area contributed by atoms with Crippen LogP contribution in [0.25, 0.3) is 10.2 Å². The van der Waals surface area contributed by atoms with Crippen molar-refractivity contribution < 1.29 is 4.79 Å².